The molecule has 0 atom stereocenters. The van der Waals surface area contributed by atoms with Gasteiger partial charge < -0.3 is 5.11 Å². The summed E-state index contributed by atoms with van der Waals surface area (Å²) < 4.78 is 2.20. The maximum Gasteiger partial charge on any atom is 0.0682 e. The summed E-state index contributed by atoms with van der Waals surface area (Å²) in [6.45, 7) is 0.107. The molecule has 0 aliphatic rings. The van der Waals surface area contributed by atoms with Gasteiger partial charge >= 0.3 is 0 Å². The molecule has 0 heterocycles. The van der Waals surface area contributed by atoms with Gasteiger partial charge in [0.2, 0.25) is 0 Å². The quantitative estimate of drug-likeness (QED) is 0.790. The first kappa shape index (κ1) is 8.49. The van der Waals surface area contributed by atoms with Gasteiger partial charge in [0.1, 0.15) is 0 Å². The van der Waals surface area contributed by atoms with Crippen LogP contribution in [-0.4, -0.2) is 5.11 Å². The maximum absolute atomic E-state index is 8.73. The van der Waals surface area contributed by atoms with Gasteiger partial charge in [0, 0.05) is 8.04 Å². The van der Waals surface area contributed by atoms with Crippen molar-refractivity contribution in [2.45, 2.75) is 6.61 Å². The molecule has 1 N–H and O–H groups in total. The van der Waals surface area contributed by atoms with Crippen LogP contribution in [-0.2, 0) is 6.61 Å². The third kappa shape index (κ3) is 1.93. The van der Waals surface area contributed by atoms with E-state index in [1.54, 1.807) is 0 Å². The molecule has 1 aromatic carbocycles. The second-order valence-electron chi connectivity index (χ2n) is 1.91. The molecule has 0 fully saturated rings. The number of aliphatic hydroxyl groups excluding tert-OH is 1. The largest absolute Gasteiger partial charge is 0.392 e. The standard InChI is InChI=1S/C7H6BrIO/c8-6-3-5(4-10)1-2-7(6)9/h1-3,10H,4H2. The normalized spacial score (nSPS) is 9.90. The van der Waals surface area contributed by atoms with Crippen molar-refractivity contribution in [1.29, 1.82) is 0 Å². The Morgan fingerprint density at radius 3 is 2.70 bits per heavy atom. The van der Waals surface area contributed by atoms with Crippen LogP contribution in [0, 0.1) is 3.57 Å². The first-order chi connectivity index (χ1) is 4.74. The average Bonchev–Trinajstić information content (AvgIpc) is 1.95. The zero-order valence-electron chi connectivity index (χ0n) is 5.14. The van der Waals surface area contributed by atoms with Gasteiger partial charge in [-0.2, -0.15) is 0 Å². The summed E-state index contributed by atoms with van der Waals surface area (Å²) in [4.78, 5) is 0. The van der Waals surface area contributed by atoms with Crippen molar-refractivity contribution in [3.05, 3.63) is 31.8 Å². The highest BCUT2D eigenvalue weighted by Crippen LogP contribution is 2.19. The highest BCUT2D eigenvalue weighted by atomic mass is 127. The van der Waals surface area contributed by atoms with E-state index in [2.05, 4.69) is 38.5 Å². The van der Waals surface area contributed by atoms with Crippen molar-refractivity contribution >= 4 is 38.5 Å². The van der Waals surface area contributed by atoms with E-state index >= 15 is 0 Å². The van der Waals surface area contributed by atoms with Crippen molar-refractivity contribution in [1.82, 2.24) is 0 Å². The molecule has 0 saturated carbocycles. The minimum atomic E-state index is 0.107. The molecule has 1 rings (SSSR count). The van der Waals surface area contributed by atoms with E-state index in [0.29, 0.717) is 0 Å². The van der Waals surface area contributed by atoms with Crippen LogP contribution < -0.4 is 0 Å². The molecule has 3 heteroatoms. The summed E-state index contributed by atoms with van der Waals surface area (Å²) in [6.07, 6.45) is 0. The fourth-order valence-corrected chi connectivity index (χ4v) is 1.40. The summed E-state index contributed by atoms with van der Waals surface area (Å²) in [5, 5.41) is 8.73. The molecule has 1 aromatic rings. The first-order valence-electron chi connectivity index (χ1n) is 2.79. The topological polar surface area (TPSA) is 20.2 Å². The van der Waals surface area contributed by atoms with Crippen molar-refractivity contribution in [3.8, 4) is 0 Å². The predicted molar refractivity (Wildman–Crippen MR) is 52.8 cm³/mol. The summed E-state index contributed by atoms with van der Waals surface area (Å²) in [7, 11) is 0. The fraction of sp³-hybridized carbons (Fsp3) is 0.143. The molecule has 0 aromatic heterocycles. The van der Waals surface area contributed by atoms with Gasteiger partial charge in [-0.15, -0.1) is 0 Å². The van der Waals surface area contributed by atoms with Crippen LogP contribution in [0.25, 0.3) is 0 Å². The Bertz CT molecular complexity index is 237. The molecule has 0 saturated heterocycles. The van der Waals surface area contributed by atoms with Crippen LogP contribution in [0.15, 0.2) is 22.7 Å². The van der Waals surface area contributed by atoms with Crippen LogP contribution in [0.2, 0.25) is 0 Å². The Morgan fingerprint density at radius 2 is 2.20 bits per heavy atom. The van der Waals surface area contributed by atoms with E-state index in [9.17, 15) is 0 Å². The lowest BCUT2D eigenvalue weighted by Crippen LogP contribution is -1.83. The highest BCUT2D eigenvalue weighted by molar-refractivity contribution is 14.1. The van der Waals surface area contributed by atoms with E-state index in [4.69, 9.17) is 5.11 Å². The Morgan fingerprint density at radius 1 is 1.50 bits per heavy atom. The van der Waals surface area contributed by atoms with Crippen LogP contribution in [0.5, 0.6) is 0 Å². The molecule has 10 heavy (non-hydrogen) atoms. The molecule has 0 bridgehead atoms. The van der Waals surface area contributed by atoms with E-state index in [-0.39, 0.29) is 6.61 Å². The second kappa shape index (κ2) is 3.69. The molecular weight excluding hydrogens is 307 g/mol. The van der Waals surface area contributed by atoms with Crippen LogP contribution in [0.4, 0.5) is 0 Å². The number of hydrogen-bond acceptors (Lipinski definition) is 1. The third-order valence-electron chi connectivity index (χ3n) is 1.17. The molecule has 0 aliphatic heterocycles. The van der Waals surface area contributed by atoms with Gasteiger partial charge in [-0.05, 0) is 56.2 Å². The van der Waals surface area contributed by atoms with Crippen molar-refractivity contribution in [2.24, 2.45) is 0 Å². The lowest BCUT2D eigenvalue weighted by Gasteiger charge is -1.97. The van der Waals surface area contributed by atoms with Crippen molar-refractivity contribution < 1.29 is 5.11 Å². The minimum Gasteiger partial charge on any atom is -0.392 e. The Hall–Kier alpha value is 0.390. The molecule has 0 spiro atoms. The van der Waals surface area contributed by atoms with Crippen LogP contribution in [0.3, 0.4) is 0 Å². The number of aliphatic hydroxyl groups is 1. The molecule has 0 aliphatic carbocycles. The van der Waals surface area contributed by atoms with Gasteiger partial charge in [-0.3, -0.25) is 0 Å². The lowest BCUT2D eigenvalue weighted by molar-refractivity contribution is 0.282. The highest BCUT2D eigenvalue weighted by Gasteiger charge is 1.95. The minimum absolute atomic E-state index is 0.107. The van der Waals surface area contributed by atoms with Crippen LogP contribution >= 0.6 is 38.5 Å². The Kier molecular flexibility index (Phi) is 3.13. The third-order valence-corrected chi connectivity index (χ3v) is 3.50. The summed E-state index contributed by atoms with van der Waals surface area (Å²) in [6, 6.07) is 5.80. The molecule has 0 radical (unpaired) electrons. The van der Waals surface area contributed by atoms with Crippen molar-refractivity contribution in [3.63, 3.8) is 0 Å². The second-order valence-corrected chi connectivity index (χ2v) is 3.92. The van der Waals surface area contributed by atoms with Gasteiger partial charge in [-0.1, -0.05) is 6.07 Å². The zero-order chi connectivity index (χ0) is 7.56. The Balaban J connectivity index is 3.04. The Labute approximate surface area is 81.7 Å². The summed E-state index contributed by atoms with van der Waals surface area (Å²) in [5.41, 5.74) is 0.937. The monoisotopic (exact) mass is 312 g/mol. The van der Waals surface area contributed by atoms with E-state index in [1.807, 2.05) is 18.2 Å². The summed E-state index contributed by atoms with van der Waals surface area (Å²) in [5.74, 6) is 0. The molecule has 54 valence electrons. The van der Waals surface area contributed by atoms with E-state index in [1.165, 1.54) is 0 Å². The molecule has 0 amide bonds. The van der Waals surface area contributed by atoms with E-state index in [0.717, 1.165) is 13.6 Å². The van der Waals surface area contributed by atoms with Crippen LogP contribution in [0.1, 0.15) is 5.56 Å². The average molecular weight is 313 g/mol. The number of benzene rings is 1. The molecule has 0 unspecified atom stereocenters. The summed E-state index contributed by atoms with van der Waals surface area (Å²) >= 11 is 5.60. The maximum atomic E-state index is 8.73. The molecular formula is C7H6BrIO. The predicted octanol–water partition coefficient (Wildman–Crippen LogP) is 2.55. The van der Waals surface area contributed by atoms with Gasteiger partial charge in [0.15, 0.2) is 0 Å². The van der Waals surface area contributed by atoms with Crippen molar-refractivity contribution in [2.75, 3.05) is 0 Å². The van der Waals surface area contributed by atoms with Gasteiger partial charge in [0.05, 0.1) is 6.61 Å². The first-order valence-corrected chi connectivity index (χ1v) is 4.66. The smallest absolute Gasteiger partial charge is 0.0682 e. The van der Waals surface area contributed by atoms with E-state index < -0.39 is 0 Å². The zero-order valence-corrected chi connectivity index (χ0v) is 8.89. The lowest BCUT2D eigenvalue weighted by atomic mass is 10.2. The fourth-order valence-electron chi connectivity index (χ4n) is 0.638. The number of hydrogen-bond donors (Lipinski definition) is 1. The molecule has 1 nitrogen and oxygen atoms in total. The SMILES string of the molecule is OCc1ccc(I)c(Br)c1. The number of rotatable bonds is 1. The van der Waals surface area contributed by atoms with Gasteiger partial charge in [0.25, 0.3) is 0 Å². The number of halogens is 2. The van der Waals surface area contributed by atoms with Gasteiger partial charge in [-0.25, -0.2) is 0 Å².